The predicted octanol–water partition coefficient (Wildman–Crippen LogP) is 4.51. The third-order valence-corrected chi connectivity index (χ3v) is 5.06. The van der Waals surface area contributed by atoms with E-state index in [-0.39, 0.29) is 6.04 Å². The first kappa shape index (κ1) is 16.1. The van der Waals surface area contributed by atoms with Crippen LogP contribution in [0.15, 0.2) is 73.1 Å². The Bertz CT molecular complexity index is 773. The summed E-state index contributed by atoms with van der Waals surface area (Å²) in [5.41, 5.74) is 2.65. The number of hydrogen-bond donors (Lipinski definition) is 0. The SMILES string of the molecule is c1ccc(Cn2ccnc2C(c2ccccc2)N2CCCCC2)cc1. The van der Waals surface area contributed by atoms with Gasteiger partial charge in [0.05, 0.1) is 6.04 Å². The monoisotopic (exact) mass is 331 g/mol. The van der Waals surface area contributed by atoms with Gasteiger partial charge >= 0.3 is 0 Å². The lowest BCUT2D eigenvalue weighted by Crippen LogP contribution is -2.35. The van der Waals surface area contributed by atoms with Crippen molar-refractivity contribution in [2.75, 3.05) is 13.1 Å². The van der Waals surface area contributed by atoms with Crippen molar-refractivity contribution in [3.63, 3.8) is 0 Å². The molecule has 1 aromatic heterocycles. The van der Waals surface area contributed by atoms with E-state index >= 15 is 0 Å². The summed E-state index contributed by atoms with van der Waals surface area (Å²) in [5.74, 6) is 1.15. The van der Waals surface area contributed by atoms with Crippen LogP contribution < -0.4 is 0 Å². The molecule has 4 rings (SSSR count). The molecule has 3 aromatic rings. The van der Waals surface area contributed by atoms with Crippen LogP contribution in [0.2, 0.25) is 0 Å². The fourth-order valence-corrected chi connectivity index (χ4v) is 3.82. The van der Waals surface area contributed by atoms with E-state index in [2.05, 4.69) is 76.3 Å². The summed E-state index contributed by atoms with van der Waals surface area (Å²) in [4.78, 5) is 7.39. The largest absolute Gasteiger partial charge is 0.329 e. The van der Waals surface area contributed by atoms with Gasteiger partial charge in [-0.3, -0.25) is 4.90 Å². The minimum absolute atomic E-state index is 0.236. The van der Waals surface area contributed by atoms with Crippen molar-refractivity contribution >= 4 is 0 Å². The maximum absolute atomic E-state index is 4.79. The highest BCUT2D eigenvalue weighted by Crippen LogP contribution is 2.30. The van der Waals surface area contributed by atoms with Gasteiger partial charge < -0.3 is 4.57 Å². The molecule has 0 N–H and O–H groups in total. The van der Waals surface area contributed by atoms with Gasteiger partial charge in [0, 0.05) is 18.9 Å². The lowest BCUT2D eigenvalue weighted by molar-refractivity contribution is 0.179. The van der Waals surface area contributed by atoms with Crippen LogP contribution in [0, 0.1) is 0 Å². The molecule has 1 fully saturated rings. The molecule has 1 aliphatic heterocycles. The predicted molar refractivity (Wildman–Crippen MR) is 101 cm³/mol. The standard InChI is InChI=1S/C22H25N3/c1-4-10-19(11-5-1)18-25-17-14-23-22(25)21(20-12-6-2-7-13-20)24-15-8-3-9-16-24/h1-2,4-7,10-14,17,21H,3,8-9,15-16,18H2. The van der Waals surface area contributed by atoms with Crippen molar-refractivity contribution < 1.29 is 0 Å². The molecule has 1 atom stereocenters. The number of imidazole rings is 1. The molecule has 0 spiro atoms. The van der Waals surface area contributed by atoms with Crippen molar-refractivity contribution in [3.8, 4) is 0 Å². The Balaban J connectivity index is 1.69. The second-order valence-corrected chi connectivity index (χ2v) is 6.81. The van der Waals surface area contributed by atoms with Gasteiger partial charge in [-0.25, -0.2) is 4.98 Å². The molecule has 0 saturated carbocycles. The van der Waals surface area contributed by atoms with Crippen LogP contribution in [0.1, 0.15) is 42.3 Å². The van der Waals surface area contributed by atoms with E-state index < -0.39 is 0 Å². The first-order valence-corrected chi connectivity index (χ1v) is 9.26. The van der Waals surface area contributed by atoms with Gasteiger partial charge in [0.2, 0.25) is 0 Å². The third-order valence-electron chi connectivity index (χ3n) is 5.06. The van der Waals surface area contributed by atoms with Gasteiger partial charge in [0.1, 0.15) is 5.82 Å². The highest BCUT2D eigenvalue weighted by atomic mass is 15.2. The maximum atomic E-state index is 4.79. The molecular weight excluding hydrogens is 306 g/mol. The number of piperidine rings is 1. The number of likely N-dealkylation sites (tertiary alicyclic amines) is 1. The zero-order valence-electron chi connectivity index (χ0n) is 14.6. The second kappa shape index (κ2) is 7.66. The summed E-state index contributed by atoms with van der Waals surface area (Å²) in [5, 5.41) is 0. The molecule has 2 heterocycles. The topological polar surface area (TPSA) is 21.1 Å². The molecule has 3 heteroatoms. The van der Waals surface area contributed by atoms with E-state index in [4.69, 9.17) is 4.98 Å². The summed E-state index contributed by atoms with van der Waals surface area (Å²) < 4.78 is 2.31. The fourth-order valence-electron chi connectivity index (χ4n) is 3.82. The van der Waals surface area contributed by atoms with Crippen molar-refractivity contribution in [1.29, 1.82) is 0 Å². The first-order chi connectivity index (χ1) is 12.4. The minimum atomic E-state index is 0.236. The van der Waals surface area contributed by atoms with E-state index in [1.165, 1.54) is 30.4 Å². The van der Waals surface area contributed by atoms with Gasteiger partial charge in [0.15, 0.2) is 0 Å². The molecule has 1 saturated heterocycles. The van der Waals surface area contributed by atoms with Crippen molar-refractivity contribution in [1.82, 2.24) is 14.5 Å². The Labute approximate surface area is 149 Å². The Kier molecular flexibility index (Phi) is 4.93. The number of hydrogen-bond acceptors (Lipinski definition) is 2. The fraction of sp³-hybridized carbons (Fsp3) is 0.318. The molecule has 0 radical (unpaired) electrons. The van der Waals surface area contributed by atoms with Crippen molar-refractivity contribution in [2.45, 2.75) is 31.8 Å². The van der Waals surface area contributed by atoms with E-state index in [0.29, 0.717) is 0 Å². The first-order valence-electron chi connectivity index (χ1n) is 9.26. The van der Waals surface area contributed by atoms with Crippen molar-refractivity contribution in [2.24, 2.45) is 0 Å². The molecule has 128 valence electrons. The zero-order chi connectivity index (χ0) is 16.9. The number of aromatic nitrogens is 2. The molecule has 0 aliphatic carbocycles. The van der Waals surface area contributed by atoms with Crippen LogP contribution in [-0.2, 0) is 6.54 Å². The molecular formula is C22H25N3. The van der Waals surface area contributed by atoms with E-state index in [0.717, 1.165) is 25.5 Å². The van der Waals surface area contributed by atoms with Crippen LogP contribution in [0.3, 0.4) is 0 Å². The Hall–Kier alpha value is -2.39. The maximum Gasteiger partial charge on any atom is 0.130 e. The van der Waals surface area contributed by atoms with E-state index in [1.54, 1.807) is 0 Å². The minimum Gasteiger partial charge on any atom is -0.329 e. The average molecular weight is 331 g/mol. The molecule has 1 unspecified atom stereocenters. The highest BCUT2D eigenvalue weighted by molar-refractivity contribution is 5.26. The van der Waals surface area contributed by atoms with Crippen LogP contribution in [0.5, 0.6) is 0 Å². The smallest absolute Gasteiger partial charge is 0.130 e. The molecule has 25 heavy (non-hydrogen) atoms. The van der Waals surface area contributed by atoms with Crippen LogP contribution in [0.25, 0.3) is 0 Å². The van der Waals surface area contributed by atoms with Gasteiger partial charge in [-0.15, -0.1) is 0 Å². The summed E-state index contributed by atoms with van der Waals surface area (Å²) in [7, 11) is 0. The van der Waals surface area contributed by atoms with E-state index in [1.807, 2.05) is 6.20 Å². The van der Waals surface area contributed by atoms with Gasteiger partial charge in [-0.05, 0) is 37.1 Å². The molecule has 3 nitrogen and oxygen atoms in total. The zero-order valence-corrected chi connectivity index (χ0v) is 14.6. The van der Waals surface area contributed by atoms with Crippen molar-refractivity contribution in [3.05, 3.63) is 90.0 Å². The second-order valence-electron chi connectivity index (χ2n) is 6.81. The lowest BCUT2D eigenvalue weighted by Gasteiger charge is -2.34. The van der Waals surface area contributed by atoms with Gasteiger partial charge in [-0.2, -0.15) is 0 Å². The normalized spacial score (nSPS) is 16.6. The summed E-state index contributed by atoms with van der Waals surface area (Å²) in [6.07, 6.45) is 7.96. The molecule has 0 bridgehead atoms. The van der Waals surface area contributed by atoms with Crippen LogP contribution >= 0.6 is 0 Å². The summed E-state index contributed by atoms with van der Waals surface area (Å²) >= 11 is 0. The Morgan fingerprint density at radius 1 is 0.840 bits per heavy atom. The molecule has 1 aliphatic rings. The number of benzene rings is 2. The Morgan fingerprint density at radius 2 is 1.52 bits per heavy atom. The van der Waals surface area contributed by atoms with Crippen LogP contribution in [-0.4, -0.2) is 27.5 Å². The summed E-state index contributed by atoms with van der Waals surface area (Å²) in [6.45, 7) is 3.17. The quantitative estimate of drug-likeness (QED) is 0.686. The number of nitrogens with zero attached hydrogens (tertiary/aromatic N) is 3. The Morgan fingerprint density at radius 3 is 2.24 bits per heavy atom. The van der Waals surface area contributed by atoms with Gasteiger partial charge in [-0.1, -0.05) is 67.1 Å². The highest BCUT2D eigenvalue weighted by Gasteiger charge is 2.27. The molecule has 2 aromatic carbocycles. The third kappa shape index (κ3) is 3.67. The molecule has 0 amide bonds. The number of rotatable bonds is 5. The average Bonchev–Trinajstić information content (AvgIpc) is 3.12. The summed E-state index contributed by atoms with van der Waals surface area (Å²) in [6, 6.07) is 21.7. The van der Waals surface area contributed by atoms with E-state index in [9.17, 15) is 0 Å². The van der Waals surface area contributed by atoms with Crippen LogP contribution in [0.4, 0.5) is 0 Å². The lowest BCUT2D eigenvalue weighted by atomic mass is 10.0. The van der Waals surface area contributed by atoms with Gasteiger partial charge in [0.25, 0.3) is 0 Å².